The summed E-state index contributed by atoms with van der Waals surface area (Å²) >= 11 is 0. The van der Waals surface area contributed by atoms with Crippen molar-refractivity contribution in [3.8, 4) is 0 Å². The van der Waals surface area contributed by atoms with Crippen molar-refractivity contribution in [3.05, 3.63) is 75.8 Å². The number of benzene rings is 2. The molecule has 2 aromatic rings. The summed E-state index contributed by atoms with van der Waals surface area (Å²) < 4.78 is 0. The molecule has 2 fully saturated rings. The molecule has 3 aliphatic heterocycles. The van der Waals surface area contributed by atoms with Crippen LogP contribution in [0, 0.1) is 22.0 Å². The second-order valence-electron chi connectivity index (χ2n) is 9.24. The van der Waals surface area contributed by atoms with Crippen molar-refractivity contribution >= 4 is 34.5 Å². The van der Waals surface area contributed by atoms with Gasteiger partial charge in [0, 0.05) is 35.0 Å². The molecule has 0 spiro atoms. The predicted octanol–water partition coefficient (Wildman–Crippen LogP) is 3.85. The third-order valence-corrected chi connectivity index (χ3v) is 7.43. The van der Waals surface area contributed by atoms with E-state index in [-0.39, 0.29) is 29.1 Å². The summed E-state index contributed by atoms with van der Waals surface area (Å²) in [5.74, 6) is -2.52. The highest BCUT2D eigenvalue weighted by Gasteiger charge is 2.64. The molecule has 0 bridgehead atoms. The molecule has 0 radical (unpaired) electrons. The number of anilines is 1. The number of rotatable bonds is 5. The van der Waals surface area contributed by atoms with Crippen LogP contribution in [-0.4, -0.2) is 45.5 Å². The van der Waals surface area contributed by atoms with Gasteiger partial charge in [-0.05, 0) is 31.9 Å². The normalized spacial score (nSPS) is 26.0. The van der Waals surface area contributed by atoms with Crippen molar-refractivity contribution in [1.82, 2.24) is 4.90 Å². The van der Waals surface area contributed by atoms with Crippen molar-refractivity contribution in [1.29, 1.82) is 0 Å². The van der Waals surface area contributed by atoms with E-state index in [1.165, 1.54) is 29.2 Å². The fourth-order valence-corrected chi connectivity index (χ4v) is 5.68. The van der Waals surface area contributed by atoms with Gasteiger partial charge < -0.3 is 4.90 Å². The lowest BCUT2D eigenvalue weighted by atomic mass is 9.85. The van der Waals surface area contributed by atoms with E-state index in [1.54, 1.807) is 0 Å². The van der Waals surface area contributed by atoms with Crippen molar-refractivity contribution in [3.63, 3.8) is 0 Å². The number of carbonyl (C=O) groups excluding carboxylic acids is 3. The average Bonchev–Trinajstić information content (AvgIpc) is 3.31. The molecule has 174 valence electrons. The number of ketones is 1. The van der Waals surface area contributed by atoms with Crippen LogP contribution in [0.4, 0.5) is 11.4 Å². The number of carbonyl (C=O) groups is 3. The Kier molecular flexibility index (Phi) is 5.11. The number of nitro groups is 1. The quantitative estimate of drug-likeness (QED) is 0.291. The SMILES string of the molecule is CC[C@@H](C)N1C(=O)[C@@H]2[C@H](C1=O)[C@H]1C=C(C)c3ccccc3N1[C@H]2C(=O)c1cccc([N+](=O)[O-])c1. The Hall–Kier alpha value is -3.81. The highest BCUT2D eigenvalue weighted by atomic mass is 16.6. The molecule has 0 aliphatic carbocycles. The van der Waals surface area contributed by atoms with Gasteiger partial charge in [0.25, 0.3) is 5.69 Å². The molecule has 3 heterocycles. The summed E-state index contributed by atoms with van der Waals surface area (Å²) in [6, 6.07) is 11.5. The van der Waals surface area contributed by atoms with Gasteiger partial charge in [-0.25, -0.2) is 0 Å². The van der Waals surface area contributed by atoms with Crippen molar-refractivity contribution in [2.75, 3.05) is 4.90 Å². The molecular weight excluding hydrogens is 434 g/mol. The van der Waals surface area contributed by atoms with Crippen LogP contribution < -0.4 is 4.90 Å². The molecule has 0 N–H and O–H groups in total. The molecule has 2 amide bonds. The summed E-state index contributed by atoms with van der Waals surface area (Å²) in [5.41, 5.74) is 2.68. The van der Waals surface area contributed by atoms with E-state index in [0.29, 0.717) is 6.42 Å². The molecule has 0 aromatic heterocycles. The number of hydrogen-bond donors (Lipinski definition) is 0. The first-order valence-electron chi connectivity index (χ1n) is 11.5. The van der Waals surface area contributed by atoms with Gasteiger partial charge in [-0.1, -0.05) is 43.3 Å². The molecule has 2 saturated heterocycles. The van der Waals surface area contributed by atoms with Crippen LogP contribution in [-0.2, 0) is 9.59 Å². The Bertz CT molecular complexity index is 1270. The van der Waals surface area contributed by atoms with Gasteiger partial charge in [-0.3, -0.25) is 29.4 Å². The lowest BCUT2D eigenvalue weighted by molar-refractivity contribution is -0.384. The van der Waals surface area contributed by atoms with Crippen LogP contribution in [0.5, 0.6) is 0 Å². The Morgan fingerprint density at radius 2 is 1.79 bits per heavy atom. The number of hydrogen-bond acceptors (Lipinski definition) is 6. The fourth-order valence-electron chi connectivity index (χ4n) is 5.68. The minimum Gasteiger partial charge on any atom is -0.352 e. The van der Waals surface area contributed by atoms with E-state index in [1.807, 2.05) is 56.0 Å². The van der Waals surface area contributed by atoms with Crippen molar-refractivity contribution in [2.24, 2.45) is 11.8 Å². The molecular formula is C26H25N3O5. The van der Waals surface area contributed by atoms with Crippen LogP contribution in [0.1, 0.15) is 43.1 Å². The number of amides is 2. The smallest absolute Gasteiger partial charge is 0.270 e. The zero-order valence-corrected chi connectivity index (χ0v) is 19.2. The standard InChI is InChI=1S/C26H25N3O5/c1-4-15(3)27-25(31)21-20-12-14(2)18-10-5-6-11-19(18)28(20)23(22(21)26(27)32)24(30)16-8-7-9-17(13-16)29(33)34/h5-13,15,20-23H,4H2,1-3H3/t15-,20-,21-,22-,23-/m1/s1. The van der Waals surface area contributed by atoms with Crippen LogP contribution in [0.25, 0.3) is 5.57 Å². The molecule has 0 saturated carbocycles. The number of likely N-dealkylation sites (tertiary alicyclic amines) is 1. The lowest BCUT2D eigenvalue weighted by Crippen LogP contribution is -2.50. The molecule has 5 rings (SSSR count). The molecule has 2 aromatic carbocycles. The first-order valence-corrected chi connectivity index (χ1v) is 11.5. The van der Waals surface area contributed by atoms with Gasteiger partial charge >= 0.3 is 0 Å². The number of nitrogens with zero attached hydrogens (tertiary/aromatic N) is 3. The number of fused-ring (bicyclic) bond motifs is 5. The Labute approximate surface area is 197 Å². The highest BCUT2D eigenvalue weighted by Crippen LogP contribution is 2.50. The van der Waals surface area contributed by atoms with Crippen LogP contribution in [0.2, 0.25) is 0 Å². The molecule has 8 nitrogen and oxygen atoms in total. The highest BCUT2D eigenvalue weighted by molar-refractivity contribution is 6.14. The summed E-state index contributed by atoms with van der Waals surface area (Å²) in [5, 5.41) is 11.3. The zero-order chi connectivity index (χ0) is 24.3. The minimum atomic E-state index is -0.937. The largest absolute Gasteiger partial charge is 0.352 e. The Morgan fingerprint density at radius 1 is 1.09 bits per heavy atom. The van der Waals surface area contributed by atoms with Crippen LogP contribution in [0.3, 0.4) is 0 Å². The zero-order valence-electron chi connectivity index (χ0n) is 19.2. The van der Waals surface area contributed by atoms with Crippen LogP contribution >= 0.6 is 0 Å². The number of imide groups is 1. The van der Waals surface area contributed by atoms with Gasteiger partial charge in [0.05, 0.1) is 22.8 Å². The molecule has 3 aliphatic rings. The van der Waals surface area contributed by atoms with E-state index in [9.17, 15) is 24.5 Å². The monoisotopic (exact) mass is 459 g/mol. The van der Waals surface area contributed by atoms with Crippen molar-refractivity contribution in [2.45, 2.75) is 45.3 Å². The second-order valence-corrected chi connectivity index (χ2v) is 9.24. The Morgan fingerprint density at radius 3 is 2.50 bits per heavy atom. The first-order chi connectivity index (χ1) is 16.3. The number of non-ortho nitro benzene ring substituents is 1. The van der Waals surface area contributed by atoms with Crippen LogP contribution in [0.15, 0.2) is 54.6 Å². The van der Waals surface area contributed by atoms with Gasteiger partial charge in [-0.15, -0.1) is 0 Å². The Balaban J connectivity index is 1.68. The molecule has 5 atom stereocenters. The van der Waals surface area contributed by atoms with Gasteiger partial charge in [-0.2, -0.15) is 0 Å². The third-order valence-electron chi connectivity index (χ3n) is 7.43. The second kappa shape index (κ2) is 7.90. The summed E-state index contributed by atoms with van der Waals surface area (Å²) in [6.07, 6.45) is 2.60. The van der Waals surface area contributed by atoms with E-state index in [2.05, 4.69) is 0 Å². The van der Waals surface area contributed by atoms with Crippen molar-refractivity contribution < 1.29 is 19.3 Å². The van der Waals surface area contributed by atoms with E-state index >= 15 is 0 Å². The summed E-state index contributed by atoms with van der Waals surface area (Å²) in [4.78, 5) is 55.2. The maximum atomic E-state index is 13.9. The minimum absolute atomic E-state index is 0.157. The van der Waals surface area contributed by atoms with E-state index in [0.717, 1.165) is 16.8 Å². The number of nitro benzene ring substituents is 1. The lowest BCUT2D eigenvalue weighted by Gasteiger charge is -2.38. The first kappa shape index (κ1) is 22.0. The molecule has 8 heteroatoms. The summed E-state index contributed by atoms with van der Waals surface area (Å²) in [7, 11) is 0. The van der Waals surface area contributed by atoms with E-state index < -0.39 is 34.6 Å². The number of allylic oxidation sites excluding steroid dienone is 1. The molecule has 0 unspecified atom stereocenters. The third kappa shape index (κ3) is 3.01. The van der Waals surface area contributed by atoms with Gasteiger partial charge in [0.1, 0.15) is 6.04 Å². The fraction of sp³-hybridized carbons (Fsp3) is 0.346. The topological polar surface area (TPSA) is 101 Å². The average molecular weight is 460 g/mol. The summed E-state index contributed by atoms with van der Waals surface area (Å²) in [6.45, 7) is 5.72. The molecule has 34 heavy (non-hydrogen) atoms. The predicted molar refractivity (Wildman–Crippen MR) is 126 cm³/mol. The van der Waals surface area contributed by atoms with Gasteiger partial charge in [0.15, 0.2) is 5.78 Å². The maximum Gasteiger partial charge on any atom is 0.270 e. The van der Waals surface area contributed by atoms with Gasteiger partial charge in [0.2, 0.25) is 11.8 Å². The maximum absolute atomic E-state index is 13.9. The number of para-hydroxylation sites is 1. The van der Waals surface area contributed by atoms with E-state index in [4.69, 9.17) is 0 Å². The number of Topliss-reactive ketones (excluding diaryl/α,β-unsaturated/α-hetero) is 1.